The molecule has 0 spiro atoms. The summed E-state index contributed by atoms with van der Waals surface area (Å²) >= 11 is 5.16. The molecule has 0 aromatic heterocycles. The third-order valence-corrected chi connectivity index (χ3v) is 4.42. The molecule has 7 heteroatoms. The first-order valence-electron chi connectivity index (χ1n) is 7.96. The molecule has 0 heterocycles. The van der Waals surface area contributed by atoms with Gasteiger partial charge in [0.25, 0.3) is 0 Å². The number of carboxylic acids is 1. The van der Waals surface area contributed by atoms with Crippen molar-refractivity contribution in [2.45, 2.75) is 45.9 Å². The number of carbonyl (C=O) groups is 1. The average molecular weight is 420 g/mol. The minimum absolute atomic E-state index is 0.0346. The number of carboxylic acid groups (broad SMARTS) is 1. The van der Waals surface area contributed by atoms with Crippen molar-refractivity contribution in [1.29, 1.82) is 0 Å². The zero-order chi connectivity index (χ0) is 18.1. The Labute approximate surface area is 156 Å². The van der Waals surface area contributed by atoms with Crippen LogP contribution in [0.15, 0.2) is 16.6 Å². The molecule has 0 aliphatic rings. The maximum absolute atomic E-state index is 11.3. The van der Waals surface area contributed by atoms with Crippen molar-refractivity contribution in [3.63, 3.8) is 0 Å². The highest BCUT2D eigenvalue weighted by Crippen LogP contribution is 2.37. The Kier molecular flexibility index (Phi) is 9.54. The lowest BCUT2D eigenvalue weighted by Crippen LogP contribution is -2.36. The second kappa shape index (κ2) is 10.8. The molecule has 5 nitrogen and oxygen atoms in total. The van der Waals surface area contributed by atoms with Crippen molar-refractivity contribution >= 4 is 33.7 Å². The lowest BCUT2D eigenvalue weighted by Gasteiger charge is -2.19. The fraction of sp³-hybridized carbons (Fsp3) is 0.588. The van der Waals surface area contributed by atoms with Crippen LogP contribution in [0.25, 0.3) is 0 Å². The van der Waals surface area contributed by atoms with Crippen LogP contribution in [0.4, 0.5) is 0 Å². The van der Waals surface area contributed by atoms with Gasteiger partial charge in [-0.2, -0.15) is 11.8 Å². The predicted octanol–water partition coefficient (Wildman–Crippen LogP) is 3.93. The Morgan fingerprint density at radius 2 is 2.12 bits per heavy atom. The van der Waals surface area contributed by atoms with Crippen LogP contribution in [0.2, 0.25) is 0 Å². The molecule has 1 unspecified atom stereocenters. The number of hydrogen-bond acceptors (Lipinski definition) is 5. The van der Waals surface area contributed by atoms with Crippen molar-refractivity contribution in [2.24, 2.45) is 0 Å². The van der Waals surface area contributed by atoms with Crippen LogP contribution in [0.3, 0.4) is 0 Å². The Bertz CT molecular complexity index is 540. The quantitative estimate of drug-likeness (QED) is 0.566. The zero-order valence-corrected chi connectivity index (χ0v) is 17.0. The highest BCUT2D eigenvalue weighted by Gasteiger charge is 2.18. The van der Waals surface area contributed by atoms with Gasteiger partial charge in [0, 0.05) is 6.54 Å². The number of ether oxygens (including phenoxy) is 2. The standard InChI is InChI=1S/C17H26BrNO4S/c1-5-22-15-9-12(8-13(18)16(15)23-11(2)3)10-19-14(17(20)21)6-7-24-4/h8-9,11,14,19H,5-7,10H2,1-4H3,(H,20,21). The van der Waals surface area contributed by atoms with Gasteiger partial charge in [0.2, 0.25) is 0 Å². The first-order valence-corrected chi connectivity index (χ1v) is 10.1. The van der Waals surface area contributed by atoms with Crippen LogP contribution in [-0.2, 0) is 11.3 Å². The smallest absolute Gasteiger partial charge is 0.320 e. The van der Waals surface area contributed by atoms with E-state index in [0.29, 0.717) is 31.1 Å². The highest BCUT2D eigenvalue weighted by atomic mass is 79.9. The molecule has 0 fully saturated rings. The molecule has 24 heavy (non-hydrogen) atoms. The van der Waals surface area contributed by atoms with Crippen molar-refractivity contribution in [3.05, 3.63) is 22.2 Å². The summed E-state index contributed by atoms with van der Waals surface area (Å²) in [7, 11) is 0. The van der Waals surface area contributed by atoms with Gasteiger partial charge in [-0.15, -0.1) is 0 Å². The number of aliphatic carboxylic acids is 1. The molecule has 1 atom stereocenters. The summed E-state index contributed by atoms with van der Waals surface area (Å²) in [5, 5.41) is 12.4. The normalized spacial score (nSPS) is 12.2. The number of hydrogen-bond donors (Lipinski definition) is 2. The average Bonchev–Trinajstić information content (AvgIpc) is 2.50. The molecule has 0 saturated heterocycles. The summed E-state index contributed by atoms with van der Waals surface area (Å²) in [4.78, 5) is 11.3. The van der Waals surface area contributed by atoms with Crippen molar-refractivity contribution in [2.75, 3.05) is 18.6 Å². The molecule has 0 aliphatic carbocycles. The molecule has 0 bridgehead atoms. The molecule has 136 valence electrons. The summed E-state index contributed by atoms with van der Waals surface area (Å²) < 4.78 is 12.3. The largest absolute Gasteiger partial charge is 0.490 e. The summed E-state index contributed by atoms with van der Waals surface area (Å²) in [6.07, 6.45) is 2.59. The summed E-state index contributed by atoms with van der Waals surface area (Å²) in [6, 6.07) is 3.27. The molecule has 0 amide bonds. The van der Waals surface area contributed by atoms with Crippen molar-refractivity contribution in [3.8, 4) is 11.5 Å². The Morgan fingerprint density at radius 1 is 1.42 bits per heavy atom. The Balaban J connectivity index is 2.89. The third kappa shape index (κ3) is 6.91. The van der Waals surface area contributed by atoms with E-state index in [1.54, 1.807) is 11.8 Å². The first kappa shape index (κ1) is 21.1. The Hall–Kier alpha value is -0.920. The lowest BCUT2D eigenvalue weighted by atomic mass is 10.1. The first-order chi connectivity index (χ1) is 11.4. The van der Waals surface area contributed by atoms with Gasteiger partial charge < -0.3 is 19.9 Å². The summed E-state index contributed by atoms with van der Waals surface area (Å²) in [6.45, 7) is 6.82. The predicted molar refractivity (Wildman–Crippen MR) is 102 cm³/mol. The second-order valence-corrected chi connectivity index (χ2v) is 7.40. The fourth-order valence-corrected chi connectivity index (χ4v) is 3.18. The van der Waals surface area contributed by atoms with E-state index in [9.17, 15) is 9.90 Å². The van der Waals surface area contributed by atoms with Gasteiger partial charge in [0.1, 0.15) is 6.04 Å². The van der Waals surface area contributed by atoms with Gasteiger partial charge in [-0.3, -0.25) is 4.79 Å². The number of nitrogens with one attached hydrogen (secondary N) is 1. The summed E-state index contributed by atoms with van der Waals surface area (Å²) in [5.74, 6) is 1.31. The van der Waals surface area contributed by atoms with E-state index in [-0.39, 0.29) is 6.10 Å². The minimum Gasteiger partial charge on any atom is -0.490 e. The van der Waals surface area contributed by atoms with Crippen molar-refractivity contribution < 1.29 is 19.4 Å². The molecule has 0 radical (unpaired) electrons. The van der Waals surface area contributed by atoms with E-state index >= 15 is 0 Å². The van der Waals surface area contributed by atoms with Crippen LogP contribution in [0, 0.1) is 0 Å². The van der Waals surface area contributed by atoms with Crippen LogP contribution in [0.1, 0.15) is 32.8 Å². The van der Waals surface area contributed by atoms with E-state index in [2.05, 4.69) is 21.2 Å². The Morgan fingerprint density at radius 3 is 2.67 bits per heavy atom. The van der Waals surface area contributed by atoms with Gasteiger partial charge in [-0.25, -0.2) is 0 Å². The second-order valence-electron chi connectivity index (χ2n) is 5.56. The monoisotopic (exact) mass is 419 g/mol. The molecule has 1 rings (SSSR count). The molecule has 2 N–H and O–H groups in total. The number of thioether (sulfide) groups is 1. The van der Waals surface area contributed by atoms with Gasteiger partial charge >= 0.3 is 5.97 Å². The summed E-state index contributed by atoms with van der Waals surface area (Å²) in [5.41, 5.74) is 0.942. The van der Waals surface area contributed by atoms with Crippen molar-refractivity contribution in [1.82, 2.24) is 5.32 Å². The van der Waals surface area contributed by atoms with Gasteiger partial charge in [-0.1, -0.05) is 0 Å². The molecular formula is C17H26BrNO4S. The minimum atomic E-state index is -0.826. The molecule has 1 aromatic carbocycles. The fourth-order valence-electron chi connectivity index (χ4n) is 2.13. The topological polar surface area (TPSA) is 67.8 Å². The van der Waals surface area contributed by atoms with Crippen LogP contribution < -0.4 is 14.8 Å². The number of rotatable bonds is 11. The maximum atomic E-state index is 11.3. The molecule has 0 saturated carbocycles. The molecule has 1 aromatic rings. The van der Waals surface area contributed by atoms with Crippen LogP contribution in [-0.4, -0.2) is 41.8 Å². The van der Waals surface area contributed by atoms with Gasteiger partial charge in [-0.05, 0) is 72.8 Å². The van der Waals surface area contributed by atoms with E-state index in [0.717, 1.165) is 15.8 Å². The zero-order valence-electron chi connectivity index (χ0n) is 14.6. The van der Waals surface area contributed by atoms with E-state index in [1.807, 2.05) is 39.2 Å². The van der Waals surface area contributed by atoms with E-state index in [4.69, 9.17) is 9.47 Å². The highest BCUT2D eigenvalue weighted by molar-refractivity contribution is 9.10. The molecular weight excluding hydrogens is 394 g/mol. The SMILES string of the molecule is CCOc1cc(CNC(CCSC)C(=O)O)cc(Br)c1OC(C)C. The van der Waals surface area contributed by atoms with E-state index in [1.165, 1.54) is 0 Å². The van der Waals surface area contributed by atoms with Gasteiger partial charge in [0.15, 0.2) is 11.5 Å². The third-order valence-electron chi connectivity index (χ3n) is 3.18. The van der Waals surface area contributed by atoms with Crippen LogP contribution in [0.5, 0.6) is 11.5 Å². The number of halogens is 1. The maximum Gasteiger partial charge on any atom is 0.320 e. The van der Waals surface area contributed by atoms with Crippen LogP contribution >= 0.6 is 27.7 Å². The number of benzene rings is 1. The molecule has 0 aliphatic heterocycles. The van der Waals surface area contributed by atoms with E-state index < -0.39 is 12.0 Å². The lowest BCUT2D eigenvalue weighted by molar-refractivity contribution is -0.139. The van der Waals surface area contributed by atoms with Gasteiger partial charge in [0.05, 0.1) is 17.2 Å².